The summed E-state index contributed by atoms with van der Waals surface area (Å²) >= 11 is 6.30. The summed E-state index contributed by atoms with van der Waals surface area (Å²) in [6.07, 6.45) is 2.73. The Kier molecular flexibility index (Phi) is 7.27. The summed E-state index contributed by atoms with van der Waals surface area (Å²) in [6, 6.07) is 18.0. The number of carbonyl (C=O) groups is 1. The smallest absolute Gasteiger partial charge is 0.239 e. The van der Waals surface area contributed by atoms with Gasteiger partial charge in [-0.1, -0.05) is 67.1 Å². The zero-order chi connectivity index (χ0) is 19.1. The molecule has 1 N–H and O–H groups in total. The quantitative estimate of drug-likeness (QED) is 0.508. The molecule has 2 aromatic rings. The van der Waals surface area contributed by atoms with Gasteiger partial charge in [-0.25, -0.2) is 0 Å². The summed E-state index contributed by atoms with van der Waals surface area (Å²) in [6.45, 7) is 4.02. The molecule has 4 nitrogen and oxygen atoms in total. The van der Waals surface area contributed by atoms with Gasteiger partial charge in [-0.15, -0.1) is 0 Å². The highest BCUT2D eigenvalue weighted by atomic mass is 35.5. The summed E-state index contributed by atoms with van der Waals surface area (Å²) in [5, 5.41) is 5.39. The van der Waals surface area contributed by atoms with Crippen LogP contribution >= 0.6 is 11.6 Å². The van der Waals surface area contributed by atoms with Crippen molar-refractivity contribution in [3.63, 3.8) is 0 Å². The number of nitrogens with one attached hydrogen (secondary N) is 1. The van der Waals surface area contributed by atoms with Crippen LogP contribution in [0, 0.1) is 0 Å². The fraction of sp³-hybridized carbons (Fsp3) is 0.409. The second-order valence-corrected chi connectivity index (χ2v) is 7.46. The van der Waals surface area contributed by atoms with E-state index in [-0.39, 0.29) is 11.9 Å². The summed E-state index contributed by atoms with van der Waals surface area (Å²) in [4.78, 5) is 18.2. The Balaban J connectivity index is 1.55. The topological polar surface area (TPSA) is 41.6 Å². The molecule has 0 saturated carbocycles. The van der Waals surface area contributed by atoms with Crippen molar-refractivity contribution in [2.24, 2.45) is 0 Å². The van der Waals surface area contributed by atoms with Crippen molar-refractivity contribution in [1.29, 1.82) is 0 Å². The molecule has 0 aliphatic carbocycles. The maximum Gasteiger partial charge on any atom is 0.239 e. The number of hydrogen-bond donors (Lipinski definition) is 1. The Bertz CT molecular complexity index is 738. The number of rotatable bonds is 9. The molecule has 1 saturated heterocycles. The minimum absolute atomic E-state index is 0.0275. The molecule has 5 heteroatoms. The van der Waals surface area contributed by atoms with Crippen molar-refractivity contribution in [3.8, 4) is 0 Å². The van der Waals surface area contributed by atoms with Gasteiger partial charge in [-0.3, -0.25) is 9.63 Å². The van der Waals surface area contributed by atoms with E-state index in [1.54, 1.807) is 5.06 Å². The van der Waals surface area contributed by atoms with Crippen molar-refractivity contribution in [1.82, 2.24) is 10.4 Å². The third-order valence-corrected chi connectivity index (χ3v) is 5.43. The molecule has 1 aliphatic rings. The van der Waals surface area contributed by atoms with Gasteiger partial charge in [-0.2, -0.15) is 5.06 Å². The maximum absolute atomic E-state index is 12.2. The molecule has 27 heavy (non-hydrogen) atoms. The molecule has 2 unspecified atom stereocenters. The second-order valence-electron chi connectivity index (χ2n) is 7.05. The number of nitrogens with zero attached hydrogens (tertiary/aromatic N) is 1. The summed E-state index contributed by atoms with van der Waals surface area (Å²) in [5.74, 6) is 0.515. The van der Waals surface area contributed by atoms with E-state index in [2.05, 4.69) is 36.5 Å². The summed E-state index contributed by atoms with van der Waals surface area (Å²) in [7, 11) is 0. The minimum Gasteiger partial charge on any atom is -0.355 e. The average molecular weight is 387 g/mol. The molecule has 1 fully saturated rings. The van der Waals surface area contributed by atoms with E-state index in [1.165, 1.54) is 5.56 Å². The molecule has 1 amide bonds. The van der Waals surface area contributed by atoms with E-state index in [9.17, 15) is 4.79 Å². The van der Waals surface area contributed by atoms with Gasteiger partial charge in [0.25, 0.3) is 0 Å². The first kappa shape index (κ1) is 19.9. The molecule has 1 aliphatic heterocycles. The van der Waals surface area contributed by atoms with Crippen molar-refractivity contribution >= 4 is 17.5 Å². The SMILES string of the molecule is CC(CCCON(Cc1ccccc1Cl)C1CCNC1=O)c1ccccc1. The molecule has 0 spiro atoms. The standard InChI is InChI=1S/C22H27ClN2O2/c1-17(18-9-3-2-4-10-18)8-7-15-27-25(21-13-14-24-22(21)26)16-19-11-5-6-12-20(19)23/h2-6,9-12,17,21H,7-8,13-16H2,1H3,(H,24,26). The second kappa shape index (κ2) is 9.88. The number of carbonyl (C=O) groups excluding carboxylic acids is 1. The zero-order valence-corrected chi connectivity index (χ0v) is 16.5. The predicted octanol–water partition coefficient (Wildman–Crippen LogP) is 4.55. The summed E-state index contributed by atoms with van der Waals surface area (Å²) < 4.78 is 0. The van der Waals surface area contributed by atoms with Gasteiger partial charge in [0, 0.05) is 11.6 Å². The Labute approximate surface area is 166 Å². The lowest BCUT2D eigenvalue weighted by molar-refractivity contribution is -0.194. The Morgan fingerprint density at radius 1 is 1.19 bits per heavy atom. The van der Waals surface area contributed by atoms with E-state index in [4.69, 9.17) is 16.4 Å². The van der Waals surface area contributed by atoms with Crippen LogP contribution in [0.3, 0.4) is 0 Å². The predicted molar refractivity (Wildman–Crippen MR) is 108 cm³/mol. The van der Waals surface area contributed by atoms with Gasteiger partial charge in [0.15, 0.2) is 0 Å². The first-order chi connectivity index (χ1) is 13.1. The first-order valence-electron chi connectivity index (χ1n) is 9.61. The highest BCUT2D eigenvalue weighted by molar-refractivity contribution is 6.31. The van der Waals surface area contributed by atoms with E-state index >= 15 is 0 Å². The van der Waals surface area contributed by atoms with Crippen LogP contribution < -0.4 is 5.32 Å². The molecular weight excluding hydrogens is 360 g/mol. The maximum atomic E-state index is 12.2. The van der Waals surface area contributed by atoms with Crippen molar-refractivity contribution in [2.45, 2.75) is 44.7 Å². The Hall–Kier alpha value is -1.88. The zero-order valence-electron chi connectivity index (χ0n) is 15.7. The Morgan fingerprint density at radius 2 is 1.93 bits per heavy atom. The molecule has 0 aromatic heterocycles. The van der Waals surface area contributed by atoms with Crippen LogP contribution in [0.1, 0.15) is 43.2 Å². The fourth-order valence-corrected chi connectivity index (χ4v) is 3.61. The van der Waals surface area contributed by atoms with Crippen LogP contribution in [-0.2, 0) is 16.2 Å². The molecule has 1 heterocycles. The largest absolute Gasteiger partial charge is 0.355 e. The molecule has 2 atom stereocenters. The lowest BCUT2D eigenvalue weighted by Crippen LogP contribution is -2.40. The number of hydrogen-bond acceptors (Lipinski definition) is 3. The minimum atomic E-state index is -0.257. The molecule has 144 valence electrons. The molecule has 2 aromatic carbocycles. The van der Waals surface area contributed by atoms with E-state index in [1.807, 2.05) is 30.3 Å². The number of hydroxylamine groups is 2. The van der Waals surface area contributed by atoms with Crippen LogP contribution in [-0.4, -0.2) is 30.2 Å². The van der Waals surface area contributed by atoms with Crippen LogP contribution in [0.5, 0.6) is 0 Å². The lowest BCUT2D eigenvalue weighted by Gasteiger charge is -2.27. The van der Waals surface area contributed by atoms with Gasteiger partial charge in [-0.05, 0) is 42.4 Å². The van der Waals surface area contributed by atoms with E-state index in [0.29, 0.717) is 30.6 Å². The third-order valence-electron chi connectivity index (χ3n) is 5.06. The molecular formula is C22H27ClN2O2. The fourth-order valence-electron chi connectivity index (χ4n) is 3.42. The van der Waals surface area contributed by atoms with Crippen molar-refractivity contribution in [2.75, 3.05) is 13.2 Å². The lowest BCUT2D eigenvalue weighted by atomic mass is 9.97. The number of amides is 1. The normalized spacial score (nSPS) is 17.9. The van der Waals surface area contributed by atoms with Crippen molar-refractivity contribution < 1.29 is 9.63 Å². The third kappa shape index (κ3) is 5.55. The number of benzene rings is 2. The Morgan fingerprint density at radius 3 is 2.63 bits per heavy atom. The average Bonchev–Trinajstić information content (AvgIpc) is 3.12. The first-order valence-corrected chi connectivity index (χ1v) is 9.98. The van der Waals surface area contributed by atoms with Gasteiger partial charge >= 0.3 is 0 Å². The van der Waals surface area contributed by atoms with E-state index in [0.717, 1.165) is 24.8 Å². The molecule has 3 rings (SSSR count). The van der Waals surface area contributed by atoms with Gasteiger partial charge < -0.3 is 5.32 Å². The van der Waals surface area contributed by atoms with Crippen LogP contribution in [0.4, 0.5) is 0 Å². The van der Waals surface area contributed by atoms with Crippen LogP contribution in [0.2, 0.25) is 5.02 Å². The molecule has 0 radical (unpaired) electrons. The highest BCUT2D eigenvalue weighted by Gasteiger charge is 2.31. The van der Waals surface area contributed by atoms with Crippen LogP contribution in [0.25, 0.3) is 0 Å². The number of halogens is 1. The van der Waals surface area contributed by atoms with Gasteiger partial charge in [0.05, 0.1) is 13.2 Å². The van der Waals surface area contributed by atoms with E-state index < -0.39 is 0 Å². The molecule has 0 bridgehead atoms. The highest BCUT2D eigenvalue weighted by Crippen LogP contribution is 2.23. The van der Waals surface area contributed by atoms with Gasteiger partial charge in [0.1, 0.15) is 6.04 Å². The van der Waals surface area contributed by atoms with Crippen molar-refractivity contribution in [3.05, 3.63) is 70.7 Å². The summed E-state index contributed by atoms with van der Waals surface area (Å²) in [5.41, 5.74) is 2.32. The van der Waals surface area contributed by atoms with Crippen LogP contribution in [0.15, 0.2) is 54.6 Å². The van der Waals surface area contributed by atoms with Gasteiger partial charge in [0.2, 0.25) is 5.91 Å². The monoisotopic (exact) mass is 386 g/mol.